The Kier molecular flexibility index (Phi) is 4.02. The van der Waals surface area contributed by atoms with Crippen LogP contribution in [-0.4, -0.2) is 48.9 Å². The lowest BCUT2D eigenvalue weighted by atomic mass is 9.97. The van der Waals surface area contributed by atoms with Crippen molar-refractivity contribution >= 4 is 22.8 Å². The van der Waals surface area contributed by atoms with Gasteiger partial charge in [-0.25, -0.2) is 0 Å². The van der Waals surface area contributed by atoms with E-state index in [0.717, 1.165) is 17.5 Å². The third kappa shape index (κ3) is 4.11. The molecule has 0 spiro atoms. The largest absolute Gasteiger partial charge is 0.356 e. The zero-order chi connectivity index (χ0) is 11.5. The van der Waals surface area contributed by atoms with Crippen LogP contribution in [0, 0.1) is 5.41 Å². The van der Waals surface area contributed by atoms with Crippen LogP contribution in [0.3, 0.4) is 0 Å². The van der Waals surface area contributed by atoms with Gasteiger partial charge >= 0.3 is 0 Å². The topological polar surface area (TPSA) is 44.7 Å². The minimum absolute atomic E-state index is 0.0723. The van der Waals surface area contributed by atoms with Crippen LogP contribution in [0.5, 0.6) is 0 Å². The van der Waals surface area contributed by atoms with Crippen LogP contribution in [0.4, 0.5) is 0 Å². The van der Waals surface area contributed by atoms with E-state index < -0.39 is 0 Å². The van der Waals surface area contributed by atoms with Crippen LogP contribution in [0.2, 0.25) is 0 Å². The number of carbonyl (C=O) groups is 1. The molecule has 0 unspecified atom stereocenters. The maximum Gasteiger partial charge on any atom is 0.241 e. The first-order valence-corrected chi connectivity index (χ1v) is 6.00. The van der Waals surface area contributed by atoms with Crippen molar-refractivity contribution in [3.63, 3.8) is 0 Å². The normalized spacial score (nSPS) is 19.3. The molecular formula is C10H19N3OS. The molecule has 1 rings (SSSR count). The Morgan fingerprint density at radius 3 is 2.73 bits per heavy atom. The molecular weight excluding hydrogens is 210 g/mol. The highest BCUT2D eigenvalue weighted by atomic mass is 32.2. The van der Waals surface area contributed by atoms with Crippen LogP contribution in [0.25, 0.3) is 0 Å². The monoisotopic (exact) mass is 229 g/mol. The van der Waals surface area contributed by atoms with E-state index in [0.29, 0.717) is 6.54 Å². The molecule has 1 heterocycles. The zero-order valence-electron chi connectivity index (χ0n) is 9.83. The van der Waals surface area contributed by atoms with Gasteiger partial charge in [0.1, 0.15) is 0 Å². The number of nitrogens with one attached hydrogen (secondary N) is 1. The van der Waals surface area contributed by atoms with Gasteiger partial charge in [-0.1, -0.05) is 25.6 Å². The molecule has 4 nitrogen and oxygen atoms in total. The third-order valence-electron chi connectivity index (χ3n) is 2.14. The van der Waals surface area contributed by atoms with E-state index in [1.165, 1.54) is 0 Å². The molecule has 0 aromatic rings. The van der Waals surface area contributed by atoms with Gasteiger partial charge in [0, 0.05) is 26.4 Å². The first-order chi connectivity index (χ1) is 6.91. The lowest BCUT2D eigenvalue weighted by Gasteiger charge is -2.27. The Bertz CT molecular complexity index is 274. The lowest BCUT2D eigenvalue weighted by Crippen LogP contribution is -2.38. The number of amides is 1. The van der Waals surface area contributed by atoms with Crippen molar-refractivity contribution < 1.29 is 4.79 Å². The fourth-order valence-electron chi connectivity index (χ4n) is 1.06. The lowest BCUT2D eigenvalue weighted by molar-refractivity contribution is -0.127. The molecule has 0 atom stereocenters. The Hall–Kier alpha value is -0.710. The highest BCUT2D eigenvalue weighted by Crippen LogP contribution is 2.26. The van der Waals surface area contributed by atoms with Gasteiger partial charge < -0.3 is 10.2 Å². The molecule has 0 bridgehead atoms. The molecule has 0 aromatic heterocycles. The number of thioether (sulfide) groups is 1. The molecule has 0 aromatic carbocycles. The van der Waals surface area contributed by atoms with Crippen molar-refractivity contribution in [1.82, 2.24) is 10.2 Å². The summed E-state index contributed by atoms with van der Waals surface area (Å²) >= 11 is 1.69. The quantitative estimate of drug-likeness (QED) is 0.761. The fourth-order valence-corrected chi connectivity index (χ4v) is 2.01. The van der Waals surface area contributed by atoms with Crippen LogP contribution in [-0.2, 0) is 4.79 Å². The molecule has 0 saturated carbocycles. The summed E-state index contributed by atoms with van der Waals surface area (Å²) in [5.41, 5.74) is 0.279. The van der Waals surface area contributed by atoms with Crippen LogP contribution in [0.1, 0.15) is 13.8 Å². The van der Waals surface area contributed by atoms with E-state index in [1.807, 2.05) is 0 Å². The van der Waals surface area contributed by atoms with E-state index in [9.17, 15) is 4.79 Å². The maximum atomic E-state index is 11.3. The molecule has 0 fully saturated rings. The van der Waals surface area contributed by atoms with Gasteiger partial charge in [-0.3, -0.25) is 9.79 Å². The second-order valence-corrected chi connectivity index (χ2v) is 5.68. The van der Waals surface area contributed by atoms with E-state index in [1.54, 1.807) is 30.8 Å². The van der Waals surface area contributed by atoms with E-state index in [4.69, 9.17) is 0 Å². The minimum Gasteiger partial charge on any atom is -0.356 e. The van der Waals surface area contributed by atoms with Gasteiger partial charge in [0.25, 0.3) is 0 Å². The third-order valence-corrected chi connectivity index (χ3v) is 3.61. The van der Waals surface area contributed by atoms with E-state index >= 15 is 0 Å². The smallest absolute Gasteiger partial charge is 0.241 e. The first kappa shape index (κ1) is 12.4. The number of hydrogen-bond acceptors (Lipinski definition) is 4. The first-order valence-electron chi connectivity index (χ1n) is 5.02. The number of likely N-dealkylation sites (N-methyl/N-ethyl adjacent to an activating group) is 1. The summed E-state index contributed by atoms with van der Waals surface area (Å²) < 4.78 is 0. The van der Waals surface area contributed by atoms with Gasteiger partial charge in [0.15, 0.2) is 5.17 Å². The molecule has 1 N–H and O–H groups in total. The molecule has 1 aliphatic rings. The molecule has 5 heteroatoms. The average molecular weight is 229 g/mol. The van der Waals surface area contributed by atoms with Crippen molar-refractivity contribution in [2.24, 2.45) is 10.4 Å². The van der Waals surface area contributed by atoms with Crippen molar-refractivity contribution in [3.8, 4) is 0 Å². The Morgan fingerprint density at radius 2 is 2.27 bits per heavy atom. The number of carbonyl (C=O) groups excluding carboxylic acids is 1. The summed E-state index contributed by atoms with van der Waals surface area (Å²) in [6, 6.07) is 0. The number of aliphatic imine (C=N–C) groups is 1. The predicted molar refractivity (Wildman–Crippen MR) is 65.2 cm³/mol. The Morgan fingerprint density at radius 1 is 1.60 bits per heavy atom. The highest BCUT2D eigenvalue weighted by Gasteiger charge is 2.23. The second kappa shape index (κ2) is 4.88. The van der Waals surface area contributed by atoms with E-state index in [-0.39, 0.29) is 11.3 Å². The minimum atomic E-state index is 0.0723. The molecule has 1 aliphatic heterocycles. The predicted octanol–water partition coefficient (Wildman–Crippen LogP) is 0.793. The molecule has 15 heavy (non-hydrogen) atoms. The second-order valence-electron chi connectivity index (χ2n) is 4.72. The maximum absolute atomic E-state index is 11.3. The molecule has 0 saturated heterocycles. The van der Waals surface area contributed by atoms with Crippen LogP contribution >= 0.6 is 11.8 Å². The van der Waals surface area contributed by atoms with Gasteiger partial charge in [-0.15, -0.1) is 0 Å². The molecule has 0 aliphatic carbocycles. The molecule has 86 valence electrons. The van der Waals surface area contributed by atoms with Crippen molar-refractivity contribution in [1.29, 1.82) is 0 Å². The van der Waals surface area contributed by atoms with Gasteiger partial charge in [0.05, 0.1) is 6.54 Å². The SMILES string of the molecule is CN(C)C(=O)CNC1=NCC(C)(C)CS1. The van der Waals surface area contributed by atoms with Gasteiger partial charge in [-0.2, -0.15) is 0 Å². The van der Waals surface area contributed by atoms with Gasteiger partial charge in [-0.05, 0) is 5.41 Å². The Balaban J connectivity index is 2.35. The summed E-state index contributed by atoms with van der Waals surface area (Å²) in [4.78, 5) is 17.3. The van der Waals surface area contributed by atoms with Crippen LogP contribution < -0.4 is 5.32 Å². The highest BCUT2D eigenvalue weighted by molar-refractivity contribution is 8.13. The number of hydrogen-bond donors (Lipinski definition) is 1. The standard InChI is InChI=1S/C10H19N3OS/c1-10(2)6-12-9(15-7-10)11-5-8(14)13(3)4/h5-7H2,1-4H3,(H,11,12). The number of rotatable bonds is 2. The summed E-state index contributed by atoms with van der Waals surface area (Å²) in [7, 11) is 3.51. The fraction of sp³-hybridized carbons (Fsp3) is 0.800. The number of amidine groups is 1. The van der Waals surface area contributed by atoms with Crippen molar-refractivity contribution in [3.05, 3.63) is 0 Å². The van der Waals surface area contributed by atoms with Crippen molar-refractivity contribution in [2.75, 3.05) is 32.9 Å². The molecule has 1 amide bonds. The van der Waals surface area contributed by atoms with E-state index in [2.05, 4.69) is 24.2 Å². The zero-order valence-corrected chi connectivity index (χ0v) is 10.6. The average Bonchev–Trinajstić information content (AvgIpc) is 2.15. The van der Waals surface area contributed by atoms with Crippen molar-refractivity contribution in [2.45, 2.75) is 13.8 Å². The summed E-state index contributed by atoms with van der Waals surface area (Å²) in [6.07, 6.45) is 0. The van der Waals surface area contributed by atoms with Crippen LogP contribution in [0.15, 0.2) is 4.99 Å². The summed E-state index contributed by atoms with van der Waals surface area (Å²) in [6.45, 7) is 5.56. The number of nitrogens with zero attached hydrogens (tertiary/aromatic N) is 2. The summed E-state index contributed by atoms with van der Waals surface area (Å²) in [5, 5.41) is 3.96. The van der Waals surface area contributed by atoms with Gasteiger partial charge in [0.2, 0.25) is 5.91 Å². The molecule has 0 radical (unpaired) electrons. The Labute approximate surface area is 95.5 Å². The summed E-state index contributed by atoms with van der Waals surface area (Å²) in [5.74, 6) is 1.12.